The lowest BCUT2D eigenvalue weighted by molar-refractivity contribution is 1.24. The molecule has 0 bridgehead atoms. The summed E-state index contributed by atoms with van der Waals surface area (Å²) in [6.07, 6.45) is 1.75. The molecule has 1 heterocycles. The fourth-order valence-electron chi connectivity index (χ4n) is 1.32. The van der Waals surface area contributed by atoms with E-state index < -0.39 is 0 Å². The van der Waals surface area contributed by atoms with Crippen molar-refractivity contribution in [3.63, 3.8) is 0 Å². The second-order valence-electron chi connectivity index (χ2n) is 3.14. The predicted octanol–water partition coefficient (Wildman–Crippen LogP) is 3.56. The molecule has 0 aliphatic carbocycles. The maximum atomic E-state index is 5.82. The average molecular weight is 219 g/mol. The van der Waals surface area contributed by atoms with Gasteiger partial charge in [-0.1, -0.05) is 24.3 Å². The van der Waals surface area contributed by atoms with E-state index in [1.165, 1.54) is 0 Å². The van der Waals surface area contributed by atoms with E-state index in [0.29, 0.717) is 5.88 Å². The Morgan fingerprint density at radius 3 is 2.60 bits per heavy atom. The van der Waals surface area contributed by atoms with Crippen LogP contribution < -0.4 is 5.32 Å². The molecular weight excluding hydrogens is 208 g/mol. The molecule has 76 valence electrons. The van der Waals surface area contributed by atoms with Crippen molar-refractivity contribution in [3.8, 4) is 0 Å². The van der Waals surface area contributed by atoms with Crippen LogP contribution >= 0.6 is 11.6 Å². The minimum absolute atomic E-state index is 0.461. The van der Waals surface area contributed by atoms with Gasteiger partial charge in [-0.2, -0.15) is 0 Å². The van der Waals surface area contributed by atoms with Crippen molar-refractivity contribution in [2.24, 2.45) is 0 Å². The van der Waals surface area contributed by atoms with Gasteiger partial charge in [-0.05, 0) is 18.2 Å². The van der Waals surface area contributed by atoms with Crippen LogP contribution in [0.3, 0.4) is 0 Å². The summed E-state index contributed by atoms with van der Waals surface area (Å²) in [4.78, 5) is 4.25. The lowest BCUT2D eigenvalue weighted by Crippen LogP contribution is -1.96. The summed E-state index contributed by atoms with van der Waals surface area (Å²) < 4.78 is 0. The van der Waals surface area contributed by atoms with E-state index in [1.807, 2.05) is 42.5 Å². The average Bonchev–Trinajstić information content (AvgIpc) is 2.31. The molecule has 0 spiro atoms. The molecular formula is C12H11ClN2. The number of hydrogen-bond donors (Lipinski definition) is 1. The highest BCUT2D eigenvalue weighted by molar-refractivity contribution is 6.17. The van der Waals surface area contributed by atoms with E-state index in [0.717, 1.165) is 17.1 Å². The number of rotatable bonds is 3. The monoisotopic (exact) mass is 218 g/mol. The van der Waals surface area contributed by atoms with E-state index in [4.69, 9.17) is 11.6 Å². The molecule has 2 nitrogen and oxygen atoms in total. The molecule has 0 amide bonds. The molecule has 0 aliphatic rings. The fraction of sp³-hybridized carbons (Fsp3) is 0.0833. The summed E-state index contributed by atoms with van der Waals surface area (Å²) in [5, 5.41) is 3.23. The second-order valence-corrected chi connectivity index (χ2v) is 3.40. The highest BCUT2D eigenvalue weighted by atomic mass is 35.5. The lowest BCUT2D eigenvalue weighted by atomic mass is 10.2. The molecule has 0 aliphatic heterocycles. The number of alkyl halides is 1. The first-order valence-electron chi connectivity index (χ1n) is 4.72. The van der Waals surface area contributed by atoms with E-state index in [9.17, 15) is 0 Å². The number of benzene rings is 1. The second kappa shape index (κ2) is 4.80. The van der Waals surface area contributed by atoms with E-state index in [-0.39, 0.29) is 0 Å². The first-order chi connectivity index (χ1) is 7.40. The Morgan fingerprint density at radius 1 is 1.07 bits per heavy atom. The van der Waals surface area contributed by atoms with Gasteiger partial charge in [0.25, 0.3) is 0 Å². The van der Waals surface area contributed by atoms with Gasteiger partial charge in [0.05, 0.1) is 5.88 Å². The van der Waals surface area contributed by atoms with Crippen LogP contribution in [-0.2, 0) is 5.88 Å². The number of para-hydroxylation sites is 1. The van der Waals surface area contributed by atoms with Crippen LogP contribution in [0.15, 0.2) is 48.7 Å². The van der Waals surface area contributed by atoms with Crippen molar-refractivity contribution < 1.29 is 0 Å². The van der Waals surface area contributed by atoms with Crippen LogP contribution in [0, 0.1) is 0 Å². The van der Waals surface area contributed by atoms with E-state index in [2.05, 4.69) is 10.3 Å². The van der Waals surface area contributed by atoms with Gasteiger partial charge < -0.3 is 5.32 Å². The predicted molar refractivity (Wildman–Crippen MR) is 63.5 cm³/mol. The van der Waals surface area contributed by atoms with E-state index in [1.54, 1.807) is 6.20 Å². The molecule has 0 saturated heterocycles. The first-order valence-corrected chi connectivity index (χ1v) is 5.25. The smallest absolute Gasteiger partial charge is 0.134 e. The zero-order valence-corrected chi connectivity index (χ0v) is 8.91. The Bertz CT molecular complexity index is 429. The van der Waals surface area contributed by atoms with Gasteiger partial charge in [-0.25, -0.2) is 4.98 Å². The molecule has 0 unspecified atom stereocenters. The van der Waals surface area contributed by atoms with Crippen molar-refractivity contribution in [1.82, 2.24) is 4.98 Å². The standard InChI is InChI=1S/C12H11ClN2/c13-9-10-5-4-8-14-12(10)15-11-6-2-1-3-7-11/h1-8H,9H2,(H,14,15). The van der Waals surface area contributed by atoms with Crippen molar-refractivity contribution in [3.05, 3.63) is 54.2 Å². The molecule has 0 atom stereocenters. The molecule has 0 fully saturated rings. The van der Waals surface area contributed by atoms with Crippen LogP contribution in [0.25, 0.3) is 0 Å². The number of nitrogens with one attached hydrogen (secondary N) is 1. The van der Waals surface area contributed by atoms with Crippen molar-refractivity contribution >= 4 is 23.1 Å². The number of pyridine rings is 1. The maximum absolute atomic E-state index is 5.82. The normalized spacial score (nSPS) is 9.93. The Balaban J connectivity index is 2.24. The van der Waals surface area contributed by atoms with Crippen LogP contribution in [-0.4, -0.2) is 4.98 Å². The number of aromatic nitrogens is 1. The highest BCUT2D eigenvalue weighted by Gasteiger charge is 2.01. The molecule has 1 aromatic heterocycles. The molecule has 0 saturated carbocycles. The molecule has 3 heteroatoms. The van der Waals surface area contributed by atoms with Gasteiger partial charge in [0, 0.05) is 17.4 Å². The van der Waals surface area contributed by atoms with Gasteiger partial charge in [0.1, 0.15) is 5.82 Å². The maximum Gasteiger partial charge on any atom is 0.134 e. The Morgan fingerprint density at radius 2 is 1.87 bits per heavy atom. The zero-order chi connectivity index (χ0) is 10.5. The fourth-order valence-corrected chi connectivity index (χ4v) is 1.53. The first kappa shape index (κ1) is 9.99. The summed E-state index contributed by atoms with van der Waals surface area (Å²) in [5.41, 5.74) is 2.02. The summed E-state index contributed by atoms with van der Waals surface area (Å²) in [6, 6.07) is 13.8. The molecule has 15 heavy (non-hydrogen) atoms. The Kier molecular flexibility index (Phi) is 3.20. The minimum atomic E-state index is 0.461. The quantitative estimate of drug-likeness (QED) is 0.797. The number of nitrogens with zero attached hydrogens (tertiary/aromatic N) is 1. The number of anilines is 2. The van der Waals surface area contributed by atoms with Gasteiger partial charge in [0.15, 0.2) is 0 Å². The summed E-state index contributed by atoms with van der Waals surface area (Å²) in [7, 11) is 0. The summed E-state index contributed by atoms with van der Waals surface area (Å²) >= 11 is 5.82. The van der Waals surface area contributed by atoms with Gasteiger partial charge in [-0.15, -0.1) is 11.6 Å². The van der Waals surface area contributed by atoms with Gasteiger partial charge in [-0.3, -0.25) is 0 Å². The number of hydrogen-bond acceptors (Lipinski definition) is 2. The van der Waals surface area contributed by atoms with Gasteiger partial charge >= 0.3 is 0 Å². The summed E-state index contributed by atoms with van der Waals surface area (Å²) in [6.45, 7) is 0. The summed E-state index contributed by atoms with van der Waals surface area (Å²) in [5.74, 6) is 1.28. The zero-order valence-electron chi connectivity index (χ0n) is 8.15. The van der Waals surface area contributed by atoms with Crippen molar-refractivity contribution in [1.29, 1.82) is 0 Å². The lowest BCUT2D eigenvalue weighted by Gasteiger charge is -2.08. The third kappa shape index (κ3) is 2.48. The molecule has 2 aromatic rings. The Hall–Kier alpha value is -1.54. The van der Waals surface area contributed by atoms with Gasteiger partial charge in [0.2, 0.25) is 0 Å². The highest BCUT2D eigenvalue weighted by Crippen LogP contribution is 2.19. The SMILES string of the molecule is ClCc1cccnc1Nc1ccccc1. The minimum Gasteiger partial charge on any atom is -0.340 e. The largest absolute Gasteiger partial charge is 0.340 e. The molecule has 0 radical (unpaired) electrons. The van der Waals surface area contributed by atoms with Crippen molar-refractivity contribution in [2.45, 2.75) is 5.88 Å². The third-order valence-electron chi connectivity index (χ3n) is 2.07. The van der Waals surface area contributed by atoms with E-state index >= 15 is 0 Å². The molecule has 2 rings (SSSR count). The molecule has 1 aromatic carbocycles. The Labute approximate surface area is 93.9 Å². The van der Waals surface area contributed by atoms with Crippen LogP contribution in [0.2, 0.25) is 0 Å². The van der Waals surface area contributed by atoms with Crippen LogP contribution in [0.1, 0.15) is 5.56 Å². The molecule has 1 N–H and O–H groups in total. The van der Waals surface area contributed by atoms with Crippen LogP contribution in [0.5, 0.6) is 0 Å². The van der Waals surface area contributed by atoms with Crippen molar-refractivity contribution in [2.75, 3.05) is 5.32 Å². The van der Waals surface area contributed by atoms with Crippen LogP contribution in [0.4, 0.5) is 11.5 Å². The number of halogens is 1. The topological polar surface area (TPSA) is 24.9 Å². The third-order valence-corrected chi connectivity index (χ3v) is 2.36.